The average molecular weight is 329 g/mol. The summed E-state index contributed by atoms with van der Waals surface area (Å²) in [6.45, 7) is 4.13. The molecule has 1 aliphatic rings. The highest BCUT2D eigenvalue weighted by Gasteiger charge is 2.32. The lowest BCUT2D eigenvalue weighted by molar-refractivity contribution is -0.0517. The zero-order chi connectivity index (χ0) is 13.8. The normalized spacial score (nSPS) is 24.1. The second-order valence-corrected chi connectivity index (χ2v) is 5.83. The lowest BCUT2D eigenvalue weighted by Gasteiger charge is -2.42. The lowest BCUT2D eigenvalue weighted by Crippen LogP contribution is -2.52. The first-order valence-electron chi connectivity index (χ1n) is 6.59. The van der Waals surface area contributed by atoms with Crippen LogP contribution in [-0.2, 0) is 4.74 Å². The first-order chi connectivity index (χ1) is 9.15. The fourth-order valence-corrected chi connectivity index (χ4v) is 3.19. The third-order valence-corrected chi connectivity index (χ3v) is 4.29. The van der Waals surface area contributed by atoms with Crippen LogP contribution in [0.5, 0.6) is 0 Å². The van der Waals surface area contributed by atoms with Crippen molar-refractivity contribution in [2.45, 2.75) is 25.0 Å². The number of hydrogen-bond donors (Lipinski definition) is 2. The molecule has 3 N–H and O–H groups in total. The Bertz CT molecular complexity index is 414. The van der Waals surface area contributed by atoms with Gasteiger partial charge in [-0.1, -0.05) is 34.1 Å². The molecule has 0 amide bonds. The molecule has 1 aliphatic heterocycles. The molecule has 1 aromatic carbocycles. The van der Waals surface area contributed by atoms with Gasteiger partial charge in [-0.25, -0.2) is 0 Å². The molecule has 4 nitrogen and oxygen atoms in total. The van der Waals surface area contributed by atoms with E-state index in [9.17, 15) is 5.11 Å². The minimum atomic E-state index is -0.0224. The van der Waals surface area contributed by atoms with Gasteiger partial charge in [-0.05, 0) is 18.6 Å². The summed E-state index contributed by atoms with van der Waals surface area (Å²) in [6.07, 6.45) is 0. The number of aliphatic hydroxyl groups excluding tert-OH is 1. The van der Waals surface area contributed by atoms with Crippen molar-refractivity contribution in [1.82, 2.24) is 4.90 Å². The highest BCUT2D eigenvalue weighted by Crippen LogP contribution is 2.32. The smallest absolute Gasteiger partial charge is 0.0645 e. The maximum atomic E-state index is 9.53. The van der Waals surface area contributed by atoms with E-state index in [0.717, 1.165) is 16.6 Å². The van der Waals surface area contributed by atoms with E-state index < -0.39 is 0 Å². The number of hydrogen-bond acceptors (Lipinski definition) is 4. The number of nitrogens with two attached hydrogens (primary N) is 1. The van der Waals surface area contributed by atoms with Gasteiger partial charge in [-0.2, -0.15) is 0 Å². The molecule has 0 radical (unpaired) electrons. The molecule has 0 bridgehead atoms. The quantitative estimate of drug-likeness (QED) is 0.880. The van der Waals surface area contributed by atoms with Gasteiger partial charge in [0.1, 0.15) is 0 Å². The van der Waals surface area contributed by atoms with E-state index in [0.29, 0.717) is 13.2 Å². The fraction of sp³-hybridized carbons (Fsp3) is 0.571. The number of nitrogens with zero attached hydrogens (tertiary/aromatic N) is 1. The van der Waals surface area contributed by atoms with Crippen molar-refractivity contribution in [1.29, 1.82) is 0 Å². The fourth-order valence-electron chi connectivity index (χ4n) is 2.67. The molecule has 1 aromatic rings. The van der Waals surface area contributed by atoms with E-state index in [4.69, 9.17) is 10.5 Å². The second kappa shape index (κ2) is 6.81. The van der Waals surface area contributed by atoms with Crippen LogP contribution in [0.25, 0.3) is 0 Å². The Morgan fingerprint density at radius 2 is 2.26 bits per heavy atom. The molecular formula is C14H21BrN2O2. The van der Waals surface area contributed by atoms with Gasteiger partial charge < -0.3 is 15.6 Å². The minimum absolute atomic E-state index is 0.0110. The molecule has 0 spiro atoms. The van der Waals surface area contributed by atoms with Crippen molar-refractivity contribution >= 4 is 15.9 Å². The molecule has 106 valence electrons. The summed E-state index contributed by atoms with van der Waals surface area (Å²) in [4.78, 5) is 2.26. The Balaban J connectivity index is 2.32. The lowest BCUT2D eigenvalue weighted by atomic mass is 9.97. The molecule has 0 aromatic heterocycles. The third-order valence-electron chi connectivity index (χ3n) is 3.56. The van der Waals surface area contributed by atoms with Crippen LogP contribution in [-0.4, -0.2) is 48.5 Å². The maximum Gasteiger partial charge on any atom is 0.0645 e. The van der Waals surface area contributed by atoms with Crippen molar-refractivity contribution in [2.75, 3.05) is 26.4 Å². The minimum Gasteiger partial charge on any atom is -0.395 e. The molecule has 2 rings (SSSR count). The van der Waals surface area contributed by atoms with Gasteiger partial charge >= 0.3 is 0 Å². The zero-order valence-electron chi connectivity index (χ0n) is 11.1. The Morgan fingerprint density at radius 1 is 1.53 bits per heavy atom. The summed E-state index contributed by atoms with van der Waals surface area (Å²) < 4.78 is 6.50. The number of aliphatic hydroxyl groups is 1. The van der Waals surface area contributed by atoms with E-state index in [1.807, 2.05) is 25.1 Å². The van der Waals surface area contributed by atoms with Gasteiger partial charge in [-0.3, -0.25) is 4.90 Å². The number of ether oxygens (including phenoxy) is 1. The second-order valence-electron chi connectivity index (χ2n) is 4.97. The third kappa shape index (κ3) is 3.35. The number of morpholine rings is 1. The molecule has 3 atom stereocenters. The largest absolute Gasteiger partial charge is 0.395 e. The zero-order valence-corrected chi connectivity index (χ0v) is 12.7. The SMILES string of the molecule is CC(N)C(c1ccccc1Br)N1CCOCC1CO. The number of rotatable bonds is 4. The van der Waals surface area contributed by atoms with Crippen molar-refractivity contribution in [3.05, 3.63) is 34.3 Å². The summed E-state index contributed by atoms with van der Waals surface area (Å²) in [5.41, 5.74) is 7.37. The predicted molar refractivity (Wildman–Crippen MR) is 78.9 cm³/mol. The van der Waals surface area contributed by atoms with E-state index in [1.54, 1.807) is 0 Å². The Morgan fingerprint density at radius 3 is 2.89 bits per heavy atom. The van der Waals surface area contributed by atoms with E-state index in [1.165, 1.54) is 0 Å². The standard InChI is InChI=1S/C14H21BrN2O2/c1-10(16)14(12-4-2-3-5-13(12)15)17-6-7-19-9-11(17)8-18/h2-5,10-11,14,18H,6-9,16H2,1H3. The van der Waals surface area contributed by atoms with Gasteiger partial charge in [-0.15, -0.1) is 0 Å². The molecule has 3 unspecified atom stereocenters. The van der Waals surface area contributed by atoms with Gasteiger partial charge in [0.15, 0.2) is 0 Å². The number of halogens is 1. The Labute approximate surface area is 122 Å². The molecule has 1 saturated heterocycles. The molecular weight excluding hydrogens is 308 g/mol. The summed E-state index contributed by atoms with van der Waals surface area (Å²) in [5.74, 6) is 0. The molecule has 1 fully saturated rings. The van der Waals surface area contributed by atoms with Crippen LogP contribution in [0.1, 0.15) is 18.5 Å². The van der Waals surface area contributed by atoms with E-state index >= 15 is 0 Å². The topological polar surface area (TPSA) is 58.7 Å². The van der Waals surface area contributed by atoms with Crippen molar-refractivity contribution < 1.29 is 9.84 Å². The first-order valence-corrected chi connectivity index (χ1v) is 7.38. The van der Waals surface area contributed by atoms with Crippen LogP contribution in [0.2, 0.25) is 0 Å². The molecule has 19 heavy (non-hydrogen) atoms. The molecule has 0 saturated carbocycles. The van der Waals surface area contributed by atoms with Crippen LogP contribution in [0, 0.1) is 0 Å². The van der Waals surface area contributed by atoms with Crippen molar-refractivity contribution in [2.24, 2.45) is 5.73 Å². The Kier molecular flexibility index (Phi) is 5.36. The van der Waals surface area contributed by atoms with Gasteiger partial charge in [0.2, 0.25) is 0 Å². The van der Waals surface area contributed by atoms with Crippen molar-refractivity contribution in [3.8, 4) is 0 Å². The van der Waals surface area contributed by atoms with Crippen LogP contribution in [0.15, 0.2) is 28.7 Å². The summed E-state index contributed by atoms with van der Waals surface area (Å²) in [5, 5.41) is 9.53. The summed E-state index contributed by atoms with van der Waals surface area (Å²) in [6, 6.07) is 8.19. The van der Waals surface area contributed by atoms with Crippen LogP contribution in [0.4, 0.5) is 0 Å². The van der Waals surface area contributed by atoms with Gasteiger partial charge in [0.25, 0.3) is 0 Å². The van der Waals surface area contributed by atoms with Crippen LogP contribution >= 0.6 is 15.9 Å². The van der Waals surface area contributed by atoms with Crippen LogP contribution < -0.4 is 5.73 Å². The highest BCUT2D eigenvalue weighted by molar-refractivity contribution is 9.10. The monoisotopic (exact) mass is 328 g/mol. The van der Waals surface area contributed by atoms with Crippen molar-refractivity contribution in [3.63, 3.8) is 0 Å². The molecule has 5 heteroatoms. The summed E-state index contributed by atoms with van der Waals surface area (Å²) >= 11 is 3.60. The predicted octanol–water partition coefficient (Wildman–Crippen LogP) is 1.53. The van der Waals surface area contributed by atoms with E-state index in [2.05, 4.69) is 26.9 Å². The average Bonchev–Trinajstić information content (AvgIpc) is 2.41. The van der Waals surface area contributed by atoms with Gasteiger partial charge in [0.05, 0.1) is 31.9 Å². The van der Waals surface area contributed by atoms with Crippen LogP contribution in [0.3, 0.4) is 0 Å². The molecule has 1 heterocycles. The molecule has 0 aliphatic carbocycles. The number of benzene rings is 1. The van der Waals surface area contributed by atoms with Gasteiger partial charge in [0, 0.05) is 17.1 Å². The highest BCUT2D eigenvalue weighted by atomic mass is 79.9. The summed E-state index contributed by atoms with van der Waals surface area (Å²) in [7, 11) is 0. The Hall–Kier alpha value is -0.460. The van der Waals surface area contributed by atoms with E-state index in [-0.39, 0.29) is 24.7 Å². The maximum absolute atomic E-state index is 9.53. The first kappa shape index (κ1) is 14.9.